The monoisotopic (exact) mass is 335 g/mol. The fraction of sp³-hybridized carbons (Fsp3) is 0.467. The van der Waals surface area contributed by atoms with Crippen molar-refractivity contribution in [2.24, 2.45) is 4.99 Å². The van der Waals surface area contributed by atoms with Crippen molar-refractivity contribution in [3.63, 3.8) is 0 Å². The summed E-state index contributed by atoms with van der Waals surface area (Å²) in [5, 5.41) is 35.8. The van der Waals surface area contributed by atoms with Crippen LogP contribution in [-0.4, -0.2) is 43.0 Å². The van der Waals surface area contributed by atoms with E-state index in [1.54, 1.807) is 27.7 Å². The fourth-order valence-electron chi connectivity index (χ4n) is 2.44. The van der Waals surface area contributed by atoms with Crippen LogP contribution in [0, 0.1) is 10.1 Å². The number of nitrogens with zero attached hydrogens (tertiary/aromatic N) is 4. The summed E-state index contributed by atoms with van der Waals surface area (Å²) in [6, 6.07) is 0. The SMILES string of the molecule is CC(=O)N=C1C=C/C(=C2/N([O])C(C)(C)C(C)(C)N2O)C=C1[N+](=O)[O-]. The maximum atomic E-state index is 12.6. The van der Waals surface area contributed by atoms with Gasteiger partial charge in [-0.3, -0.25) is 20.1 Å². The van der Waals surface area contributed by atoms with Crippen LogP contribution in [0.25, 0.3) is 0 Å². The highest BCUT2D eigenvalue weighted by Crippen LogP contribution is 2.45. The minimum Gasteiger partial charge on any atom is -0.286 e. The first kappa shape index (κ1) is 17.8. The van der Waals surface area contributed by atoms with E-state index < -0.39 is 27.6 Å². The molecule has 129 valence electrons. The molecule has 1 amide bonds. The second-order valence-electron chi connectivity index (χ2n) is 6.64. The van der Waals surface area contributed by atoms with E-state index in [0.29, 0.717) is 5.06 Å². The average Bonchev–Trinajstić information content (AvgIpc) is 2.57. The topological polar surface area (TPSA) is 119 Å². The van der Waals surface area contributed by atoms with E-state index >= 15 is 0 Å². The van der Waals surface area contributed by atoms with Crippen molar-refractivity contribution in [2.75, 3.05) is 0 Å². The van der Waals surface area contributed by atoms with E-state index in [4.69, 9.17) is 0 Å². The molecule has 2 aliphatic rings. The largest absolute Gasteiger partial charge is 0.295 e. The lowest BCUT2D eigenvalue weighted by molar-refractivity contribution is -0.415. The molecule has 1 fully saturated rings. The molecule has 0 aromatic carbocycles. The van der Waals surface area contributed by atoms with E-state index in [9.17, 15) is 25.3 Å². The highest BCUT2D eigenvalue weighted by atomic mass is 16.6. The molecule has 1 heterocycles. The molecule has 1 radical (unpaired) electrons. The minimum atomic E-state index is -0.964. The Bertz CT molecular complexity index is 708. The zero-order valence-electron chi connectivity index (χ0n) is 14.1. The van der Waals surface area contributed by atoms with Gasteiger partial charge in [-0.2, -0.15) is 5.06 Å². The molecule has 0 aromatic rings. The maximum absolute atomic E-state index is 12.6. The number of hydrogen-bond acceptors (Lipinski definition) is 6. The van der Waals surface area contributed by atoms with Crippen LogP contribution in [0.3, 0.4) is 0 Å². The molecule has 1 aliphatic carbocycles. The Morgan fingerprint density at radius 2 is 1.83 bits per heavy atom. The third-order valence-corrected chi connectivity index (χ3v) is 4.64. The lowest BCUT2D eigenvalue weighted by Gasteiger charge is -2.36. The molecule has 2 rings (SSSR count). The van der Waals surface area contributed by atoms with E-state index in [0.717, 1.165) is 11.1 Å². The van der Waals surface area contributed by atoms with Crippen molar-refractivity contribution in [1.29, 1.82) is 0 Å². The number of nitro groups is 1. The van der Waals surface area contributed by atoms with Crippen LogP contribution < -0.4 is 0 Å². The molecule has 0 bridgehead atoms. The molecular formula is C15H19N4O5. The molecule has 0 spiro atoms. The van der Waals surface area contributed by atoms with Gasteiger partial charge in [0.25, 0.3) is 5.70 Å². The van der Waals surface area contributed by atoms with Gasteiger partial charge in [0.15, 0.2) is 5.82 Å². The number of allylic oxidation sites excluding steroid dienone is 4. The molecule has 1 aliphatic heterocycles. The van der Waals surface area contributed by atoms with E-state index in [2.05, 4.69) is 4.99 Å². The molecule has 9 nitrogen and oxygen atoms in total. The normalized spacial score (nSPS) is 26.8. The summed E-state index contributed by atoms with van der Waals surface area (Å²) in [6.45, 7) is 7.91. The van der Waals surface area contributed by atoms with Crippen molar-refractivity contribution in [3.05, 3.63) is 45.4 Å². The number of hydroxylamine groups is 4. The van der Waals surface area contributed by atoms with Gasteiger partial charge >= 0.3 is 0 Å². The standard InChI is InChI=1S/C15H19N4O5/c1-9(20)16-11-7-6-10(8-12(11)19(23)24)13-17(21)14(2,3)15(4,5)18(13)22/h6-8,21H,1-5H3/b13-10-,16-11?. The van der Waals surface area contributed by atoms with Gasteiger partial charge in [-0.15, -0.1) is 0 Å². The van der Waals surface area contributed by atoms with E-state index in [1.807, 2.05) is 0 Å². The first-order valence-corrected chi connectivity index (χ1v) is 7.26. The van der Waals surface area contributed by atoms with Crippen LogP contribution >= 0.6 is 0 Å². The van der Waals surface area contributed by atoms with Crippen LogP contribution in [-0.2, 0) is 10.0 Å². The summed E-state index contributed by atoms with van der Waals surface area (Å²) in [5.74, 6) is -0.668. The molecular weight excluding hydrogens is 316 g/mol. The summed E-state index contributed by atoms with van der Waals surface area (Å²) in [4.78, 5) is 25.2. The summed E-state index contributed by atoms with van der Waals surface area (Å²) < 4.78 is 0. The summed E-state index contributed by atoms with van der Waals surface area (Å²) in [6.07, 6.45) is 3.82. The molecule has 9 heteroatoms. The zero-order valence-corrected chi connectivity index (χ0v) is 14.1. The Balaban J connectivity index is 2.63. The molecule has 0 atom stereocenters. The average molecular weight is 335 g/mol. The van der Waals surface area contributed by atoms with Gasteiger partial charge < -0.3 is 0 Å². The summed E-state index contributed by atoms with van der Waals surface area (Å²) in [5.41, 5.74) is -2.23. The smallest absolute Gasteiger partial charge is 0.286 e. The molecule has 0 saturated carbocycles. The molecule has 0 unspecified atom stereocenters. The van der Waals surface area contributed by atoms with Crippen molar-refractivity contribution in [3.8, 4) is 0 Å². The second-order valence-corrected chi connectivity index (χ2v) is 6.64. The van der Waals surface area contributed by atoms with Gasteiger partial charge in [0.05, 0.1) is 16.0 Å². The molecule has 1 N–H and O–H groups in total. The molecule has 24 heavy (non-hydrogen) atoms. The Morgan fingerprint density at radius 3 is 2.25 bits per heavy atom. The predicted octanol–water partition coefficient (Wildman–Crippen LogP) is 1.83. The van der Waals surface area contributed by atoms with Gasteiger partial charge in [-0.1, -0.05) is 5.21 Å². The second kappa shape index (κ2) is 5.53. The van der Waals surface area contributed by atoms with Gasteiger partial charge in [-0.25, -0.2) is 10.1 Å². The maximum Gasteiger partial charge on any atom is 0.295 e. The van der Waals surface area contributed by atoms with Crippen LogP contribution in [0.5, 0.6) is 0 Å². The van der Waals surface area contributed by atoms with Gasteiger partial charge in [0.2, 0.25) is 5.91 Å². The number of amides is 1. The number of carbonyl (C=O) groups excluding carboxylic acids is 1. The van der Waals surface area contributed by atoms with E-state index in [-0.39, 0.29) is 17.1 Å². The quantitative estimate of drug-likeness (QED) is 0.576. The number of hydrogen-bond donors (Lipinski definition) is 1. The van der Waals surface area contributed by atoms with Gasteiger partial charge in [0.1, 0.15) is 5.71 Å². The third kappa shape index (κ3) is 2.51. The van der Waals surface area contributed by atoms with Crippen molar-refractivity contribution < 1.29 is 20.1 Å². The number of aliphatic imine (C=N–C) groups is 1. The number of rotatable bonds is 1. The minimum absolute atomic E-state index is 0.0949. The van der Waals surface area contributed by atoms with Crippen molar-refractivity contribution in [2.45, 2.75) is 45.7 Å². The highest BCUT2D eigenvalue weighted by molar-refractivity contribution is 6.12. The first-order valence-electron chi connectivity index (χ1n) is 7.26. The zero-order chi connectivity index (χ0) is 18.4. The summed E-state index contributed by atoms with van der Waals surface area (Å²) in [7, 11) is 0. The van der Waals surface area contributed by atoms with Crippen molar-refractivity contribution in [1.82, 2.24) is 10.1 Å². The van der Waals surface area contributed by atoms with Gasteiger partial charge in [0, 0.05) is 18.6 Å². The third-order valence-electron chi connectivity index (χ3n) is 4.64. The van der Waals surface area contributed by atoms with E-state index in [1.165, 1.54) is 19.1 Å². The van der Waals surface area contributed by atoms with Crippen molar-refractivity contribution >= 4 is 11.6 Å². The Morgan fingerprint density at radius 1 is 1.25 bits per heavy atom. The molecule has 0 aromatic heterocycles. The fourth-order valence-corrected chi connectivity index (χ4v) is 2.44. The predicted molar refractivity (Wildman–Crippen MR) is 83.7 cm³/mol. The van der Waals surface area contributed by atoms with Crippen LogP contribution in [0.2, 0.25) is 0 Å². The highest BCUT2D eigenvalue weighted by Gasteiger charge is 2.56. The Kier molecular flexibility index (Phi) is 4.11. The number of carbonyl (C=O) groups is 1. The lowest BCUT2D eigenvalue weighted by Crippen LogP contribution is -2.52. The van der Waals surface area contributed by atoms with Crippen LogP contribution in [0.15, 0.2) is 40.3 Å². The summed E-state index contributed by atoms with van der Waals surface area (Å²) >= 11 is 0. The first-order chi connectivity index (χ1) is 10.9. The Labute approximate surface area is 138 Å². The Hall–Kier alpha value is -2.52. The lowest BCUT2D eigenvalue weighted by atomic mass is 9.84. The van der Waals surface area contributed by atoms with Gasteiger partial charge in [-0.05, 0) is 39.8 Å². The van der Waals surface area contributed by atoms with Crippen LogP contribution in [0.4, 0.5) is 0 Å². The molecule has 1 saturated heterocycles. The van der Waals surface area contributed by atoms with Crippen LogP contribution in [0.1, 0.15) is 34.6 Å².